The molecule has 0 aliphatic carbocycles. The van der Waals surface area contributed by atoms with Crippen molar-refractivity contribution >= 4 is 60.5 Å². The van der Waals surface area contributed by atoms with Crippen LogP contribution in [0.2, 0.25) is 0 Å². The lowest BCUT2D eigenvalue weighted by molar-refractivity contribution is 0.669. The number of nitrogens with zero attached hydrogens (tertiary/aromatic N) is 1. The Morgan fingerprint density at radius 2 is 1.05 bits per heavy atom. The van der Waals surface area contributed by atoms with Crippen LogP contribution < -0.4 is 4.90 Å². The topological polar surface area (TPSA) is 16.4 Å². The monoisotopic (exact) mass is 511 g/mol. The Morgan fingerprint density at radius 3 is 1.88 bits per heavy atom. The van der Waals surface area contributed by atoms with Gasteiger partial charge in [0.2, 0.25) is 0 Å². The van der Waals surface area contributed by atoms with Crippen molar-refractivity contribution in [1.29, 1.82) is 0 Å². The third-order valence-electron chi connectivity index (χ3n) is 7.84. The van der Waals surface area contributed by atoms with Gasteiger partial charge in [0.15, 0.2) is 0 Å². The van der Waals surface area contributed by atoms with E-state index in [0.717, 1.165) is 33.6 Å². The van der Waals surface area contributed by atoms with Crippen LogP contribution in [0.25, 0.3) is 54.6 Å². The first kappa shape index (κ1) is 22.6. The van der Waals surface area contributed by atoms with E-state index >= 15 is 0 Å². The maximum absolute atomic E-state index is 6.41. The fourth-order valence-electron chi connectivity index (χ4n) is 5.97. The molecule has 1 heterocycles. The second-order valence-corrected chi connectivity index (χ2v) is 10.2. The van der Waals surface area contributed by atoms with Crippen molar-refractivity contribution in [2.24, 2.45) is 0 Å². The summed E-state index contributed by atoms with van der Waals surface area (Å²) < 4.78 is 6.41. The molecule has 0 radical (unpaired) electrons. The third-order valence-corrected chi connectivity index (χ3v) is 7.84. The van der Waals surface area contributed by atoms with Crippen LogP contribution in [-0.2, 0) is 0 Å². The molecular weight excluding hydrogens is 486 g/mol. The second-order valence-electron chi connectivity index (χ2n) is 10.2. The molecule has 0 saturated heterocycles. The summed E-state index contributed by atoms with van der Waals surface area (Å²) in [5, 5.41) is 7.26. The Balaban J connectivity index is 1.26. The van der Waals surface area contributed by atoms with Gasteiger partial charge in [-0.1, -0.05) is 103 Å². The van der Waals surface area contributed by atoms with E-state index in [1.54, 1.807) is 0 Å². The average molecular weight is 512 g/mol. The van der Waals surface area contributed by atoms with E-state index < -0.39 is 0 Å². The molecule has 2 nitrogen and oxygen atoms in total. The molecule has 188 valence electrons. The molecule has 2 heteroatoms. The number of hydrogen-bond acceptors (Lipinski definition) is 2. The Morgan fingerprint density at radius 1 is 0.400 bits per heavy atom. The first-order valence-electron chi connectivity index (χ1n) is 13.6. The van der Waals surface area contributed by atoms with Gasteiger partial charge in [0.25, 0.3) is 0 Å². The molecule has 0 unspecified atom stereocenters. The number of para-hydroxylation sites is 1. The van der Waals surface area contributed by atoms with Crippen LogP contribution in [0.15, 0.2) is 156 Å². The van der Waals surface area contributed by atoms with Crippen molar-refractivity contribution in [2.75, 3.05) is 4.90 Å². The molecule has 1 aromatic heterocycles. The van der Waals surface area contributed by atoms with Crippen LogP contribution in [0.5, 0.6) is 0 Å². The predicted molar refractivity (Wildman–Crippen MR) is 169 cm³/mol. The Hall–Kier alpha value is -5.34. The van der Waals surface area contributed by atoms with Crippen molar-refractivity contribution in [2.45, 2.75) is 0 Å². The first-order valence-corrected chi connectivity index (χ1v) is 13.6. The van der Waals surface area contributed by atoms with E-state index in [1.165, 1.54) is 38.1 Å². The summed E-state index contributed by atoms with van der Waals surface area (Å²) in [4.78, 5) is 2.29. The van der Waals surface area contributed by atoms with E-state index in [0.29, 0.717) is 0 Å². The van der Waals surface area contributed by atoms with E-state index in [-0.39, 0.29) is 0 Å². The normalized spacial score (nSPS) is 11.5. The lowest BCUT2D eigenvalue weighted by Gasteiger charge is -2.25. The molecule has 0 atom stereocenters. The Kier molecular flexibility index (Phi) is 5.17. The summed E-state index contributed by atoms with van der Waals surface area (Å²) in [6.45, 7) is 0. The number of anilines is 3. The van der Waals surface area contributed by atoms with Gasteiger partial charge in [-0.2, -0.15) is 0 Å². The minimum absolute atomic E-state index is 0.886. The molecule has 0 N–H and O–H groups in total. The lowest BCUT2D eigenvalue weighted by Crippen LogP contribution is -2.09. The molecule has 0 spiro atoms. The second kappa shape index (κ2) is 9.14. The van der Waals surface area contributed by atoms with Crippen molar-refractivity contribution in [3.8, 4) is 11.1 Å². The highest BCUT2D eigenvalue weighted by Gasteiger charge is 2.16. The van der Waals surface area contributed by atoms with Crippen LogP contribution >= 0.6 is 0 Å². The van der Waals surface area contributed by atoms with E-state index in [2.05, 4.69) is 157 Å². The minimum atomic E-state index is 0.886. The van der Waals surface area contributed by atoms with Crippen LogP contribution in [0, 0.1) is 0 Å². The molecule has 0 aliphatic rings. The highest BCUT2D eigenvalue weighted by atomic mass is 16.3. The van der Waals surface area contributed by atoms with Gasteiger partial charge in [-0.05, 0) is 75.1 Å². The largest absolute Gasteiger partial charge is 0.456 e. The molecule has 0 bridgehead atoms. The standard InChI is InChI=1S/C38H25NO/c1-2-12-29(13-3-1)39(30-20-17-28(18-21-30)33-16-8-11-26-9-4-6-14-32(26)33)31-22-23-35-37(25-31)40-36-24-19-27-10-5-7-15-34(27)38(35)36/h1-25H. The summed E-state index contributed by atoms with van der Waals surface area (Å²) >= 11 is 0. The van der Waals surface area contributed by atoms with Crippen molar-refractivity contribution in [3.05, 3.63) is 152 Å². The summed E-state index contributed by atoms with van der Waals surface area (Å²) in [7, 11) is 0. The predicted octanol–water partition coefficient (Wildman–Crippen LogP) is 11.0. The molecule has 0 amide bonds. The summed E-state index contributed by atoms with van der Waals surface area (Å²) in [6, 6.07) is 53.7. The number of hydrogen-bond donors (Lipinski definition) is 0. The number of rotatable bonds is 4. The van der Waals surface area contributed by atoms with Crippen LogP contribution in [0.3, 0.4) is 0 Å². The summed E-state index contributed by atoms with van der Waals surface area (Å²) in [5.74, 6) is 0. The number of furan rings is 1. The van der Waals surface area contributed by atoms with Crippen LogP contribution in [0.1, 0.15) is 0 Å². The van der Waals surface area contributed by atoms with Crippen molar-refractivity contribution in [1.82, 2.24) is 0 Å². The zero-order valence-electron chi connectivity index (χ0n) is 21.8. The highest BCUT2D eigenvalue weighted by molar-refractivity contribution is 6.19. The summed E-state index contributed by atoms with van der Waals surface area (Å²) in [5.41, 5.74) is 7.49. The highest BCUT2D eigenvalue weighted by Crippen LogP contribution is 2.41. The molecular formula is C38H25NO. The molecule has 0 saturated carbocycles. The van der Waals surface area contributed by atoms with Gasteiger partial charge in [0.1, 0.15) is 11.2 Å². The van der Waals surface area contributed by atoms with E-state index in [9.17, 15) is 0 Å². The minimum Gasteiger partial charge on any atom is -0.456 e. The Labute approximate surface area is 232 Å². The lowest BCUT2D eigenvalue weighted by atomic mass is 9.98. The van der Waals surface area contributed by atoms with E-state index in [1.807, 2.05) is 0 Å². The number of fused-ring (bicyclic) bond motifs is 6. The summed E-state index contributed by atoms with van der Waals surface area (Å²) in [6.07, 6.45) is 0. The van der Waals surface area contributed by atoms with Gasteiger partial charge in [-0.15, -0.1) is 0 Å². The molecule has 7 aromatic carbocycles. The van der Waals surface area contributed by atoms with Crippen molar-refractivity contribution < 1.29 is 4.42 Å². The SMILES string of the molecule is c1ccc(N(c2ccc(-c3cccc4ccccc34)cc2)c2ccc3c(c2)oc2ccc4ccccc4c23)cc1. The molecule has 40 heavy (non-hydrogen) atoms. The first-order chi connectivity index (χ1) is 19.8. The van der Waals surface area contributed by atoms with Gasteiger partial charge in [0.05, 0.1) is 0 Å². The molecule has 8 rings (SSSR count). The van der Waals surface area contributed by atoms with Crippen LogP contribution in [-0.4, -0.2) is 0 Å². The van der Waals surface area contributed by atoms with Gasteiger partial charge >= 0.3 is 0 Å². The molecule has 8 aromatic rings. The van der Waals surface area contributed by atoms with E-state index in [4.69, 9.17) is 4.42 Å². The van der Waals surface area contributed by atoms with Gasteiger partial charge in [-0.3, -0.25) is 0 Å². The van der Waals surface area contributed by atoms with Gasteiger partial charge < -0.3 is 9.32 Å². The maximum atomic E-state index is 6.41. The zero-order chi connectivity index (χ0) is 26.5. The van der Waals surface area contributed by atoms with Gasteiger partial charge in [-0.25, -0.2) is 0 Å². The third kappa shape index (κ3) is 3.65. The smallest absolute Gasteiger partial charge is 0.137 e. The quantitative estimate of drug-likeness (QED) is 0.234. The number of benzene rings is 7. The fourth-order valence-corrected chi connectivity index (χ4v) is 5.97. The Bertz CT molecular complexity index is 2150. The van der Waals surface area contributed by atoms with Crippen LogP contribution in [0.4, 0.5) is 17.1 Å². The maximum Gasteiger partial charge on any atom is 0.137 e. The van der Waals surface area contributed by atoms with Crippen molar-refractivity contribution in [3.63, 3.8) is 0 Å². The molecule has 0 fully saturated rings. The molecule has 0 aliphatic heterocycles. The van der Waals surface area contributed by atoms with Gasteiger partial charge in [0, 0.05) is 33.9 Å². The zero-order valence-corrected chi connectivity index (χ0v) is 21.8. The fraction of sp³-hybridized carbons (Fsp3) is 0. The average Bonchev–Trinajstić information content (AvgIpc) is 3.40.